The van der Waals surface area contributed by atoms with Crippen molar-refractivity contribution in [1.29, 1.82) is 0 Å². The maximum absolute atomic E-state index is 12.4. The van der Waals surface area contributed by atoms with Crippen LogP contribution in [0.4, 0.5) is 0 Å². The number of aryl methyl sites for hydroxylation is 1. The normalized spacial score (nSPS) is 15.8. The van der Waals surface area contributed by atoms with Gasteiger partial charge >= 0.3 is 5.97 Å². The Bertz CT molecular complexity index is 1300. The summed E-state index contributed by atoms with van der Waals surface area (Å²) in [7, 11) is 0. The van der Waals surface area contributed by atoms with Crippen molar-refractivity contribution in [3.63, 3.8) is 0 Å². The first-order chi connectivity index (χ1) is 15.3. The SMILES string of the molecule is CC(C)(C)OC(=O)CC1CCc2cc3ccc(-c4noc(-c5cnc(Cl)cn5)n4)cc3n21. The highest BCUT2D eigenvalue weighted by Crippen LogP contribution is 2.37. The van der Waals surface area contributed by atoms with Crippen LogP contribution in [0.15, 0.2) is 41.2 Å². The van der Waals surface area contributed by atoms with E-state index in [1.807, 2.05) is 39.0 Å². The number of ether oxygens (including phenoxy) is 1. The first kappa shape index (κ1) is 20.6. The lowest BCUT2D eigenvalue weighted by atomic mass is 10.1. The van der Waals surface area contributed by atoms with Crippen molar-refractivity contribution >= 4 is 28.5 Å². The number of halogens is 1. The van der Waals surface area contributed by atoms with Crippen LogP contribution in [-0.2, 0) is 16.0 Å². The van der Waals surface area contributed by atoms with Gasteiger partial charge in [0.05, 0.1) is 18.8 Å². The number of hydrogen-bond donors (Lipinski definition) is 0. The minimum absolute atomic E-state index is 0.0674. The molecule has 0 saturated carbocycles. The molecule has 1 aromatic carbocycles. The van der Waals surface area contributed by atoms with Crippen molar-refractivity contribution in [2.45, 2.75) is 51.7 Å². The summed E-state index contributed by atoms with van der Waals surface area (Å²) in [4.78, 5) is 25.1. The van der Waals surface area contributed by atoms with Gasteiger partial charge in [0.25, 0.3) is 5.89 Å². The van der Waals surface area contributed by atoms with E-state index in [0.717, 1.165) is 29.3 Å². The molecule has 1 unspecified atom stereocenters. The molecule has 0 aliphatic carbocycles. The third-order valence-corrected chi connectivity index (χ3v) is 5.56. The number of esters is 1. The lowest BCUT2D eigenvalue weighted by molar-refractivity contribution is -0.155. The smallest absolute Gasteiger partial charge is 0.308 e. The highest BCUT2D eigenvalue weighted by Gasteiger charge is 2.28. The van der Waals surface area contributed by atoms with E-state index < -0.39 is 5.60 Å². The Labute approximate surface area is 189 Å². The molecule has 0 N–H and O–H groups in total. The molecule has 1 atom stereocenters. The molecule has 0 amide bonds. The molecule has 4 aromatic rings. The first-order valence-electron chi connectivity index (χ1n) is 10.4. The Morgan fingerprint density at radius 1 is 1.25 bits per heavy atom. The molecule has 5 rings (SSSR count). The van der Waals surface area contributed by atoms with E-state index in [-0.39, 0.29) is 17.9 Å². The Balaban J connectivity index is 1.45. The van der Waals surface area contributed by atoms with Gasteiger partial charge in [-0.1, -0.05) is 28.9 Å². The highest BCUT2D eigenvalue weighted by atomic mass is 35.5. The Morgan fingerprint density at radius 2 is 2.09 bits per heavy atom. The van der Waals surface area contributed by atoms with Gasteiger partial charge in [0.15, 0.2) is 0 Å². The maximum atomic E-state index is 12.4. The zero-order valence-corrected chi connectivity index (χ0v) is 18.8. The molecule has 0 radical (unpaired) electrons. The molecule has 0 fully saturated rings. The minimum Gasteiger partial charge on any atom is -0.460 e. The molecule has 164 valence electrons. The van der Waals surface area contributed by atoms with E-state index in [1.54, 1.807) is 0 Å². The highest BCUT2D eigenvalue weighted by molar-refractivity contribution is 6.29. The summed E-state index contributed by atoms with van der Waals surface area (Å²) in [6.07, 6.45) is 5.11. The molecule has 0 bridgehead atoms. The van der Waals surface area contributed by atoms with E-state index in [1.165, 1.54) is 18.1 Å². The average molecular weight is 452 g/mol. The second-order valence-electron chi connectivity index (χ2n) is 8.91. The van der Waals surface area contributed by atoms with Crippen molar-refractivity contribution in [3.05, 3.63) is 47.5 Å². The van der Waals surface area contributed by atoms with E-state index in [2.05, 4.69) is 30.7 Å². The fourth-order valence-corrected chi connectivity index (χ4v) is 4.22. The number of rotatable bonds is 4. The van der Waals surface area contributed by atoms with Crippen LogP contribution in [-0.4, -0.2) is 36.2 Å². The summed E-state index contributed by atoms with van der Waals surface area (Å²) in [6.45, 7) is 5.66. The molecule has 8 nitrogen and oxygen atoms in total. The van der Waals surface area contributed by atoms with Gasteiger partial charge in [0.2, 0.25) is 5.82 Å². The monoisotopic (exact) mass is 451 g/mol. The van der Waals surface area contributed by atoms with Crippen LogP contribution in [0.5, 0.6) is 0 Å². The number of aromatic nitrogens is 5. The van der Waals surface area contributed by atoms with Crippen molar-refractivity contribution in [1.82, 2.24) is 24.7 Å². The number of fused-ring (bicyclic) bond motifs is 3. The quantitative estimate of drug-likeness (QED) is 0.402. The number of carbonyl (C=O) groups excluding carboxylic acids is 1. The van der Waals surface area contributed by atoms with E-state index in [4.69, 9.17) is 20.9 Å². The molecule has 3 aromatic heterocycles. The van der Waals surface area contributed by atoms with E-state index in [0.29, 0.717) is 23.1 Å². The summed E-state index contributed by atoms with van der Waals surface area (Å²) in [5, 5.41) is 5.52. The fourth-order valence-electron chi connectivity index (χ4n) is 4.12. The van der Waals surface area contributed by atoms with Crippen LogP contribution < -0.4 is 0 Å². The summed E-state index contributed by atoms with van der Waals surface area (Å²) in [6, 6.07) is 8.28. The predicted octanol–water partition coefficient (Wildman–Crippen LogP) is 5.02. The zero-order valence-electron chi connectivity index (χ0n) is 18.0. The van der Waals surface area contributed by atoms with Gasteiger partial charge in [0, 0.05) is 22.8 Å². The third kappa shape index (κ3) is 3.98. The van der Waals surface area contributed by atoms with Gasteiger partial charge in [0.1, 0.15) is 16.4 Å². The van der Waals surface area contributed by atoms with Crippen LogP contribution in [0, 0.1) is 0 Å². The van der Waals surface area contributed by atoms with Gasteiger partial charge < -0.3 is 13.8 Å². The molecular weight excluding hydrogens is 430 g/mol. The molecule has 1 aliphatic rings. The van der Waals surface area contributed by atoms with Crippen LogP contribution in [0.25, 0.3) is 33.9 Å². The summed E-state index contributed by atoms with van der Waals surface area (Å²) >= 11 is 5.79. The number of hydrogen-bond acceptors (Lipinski definition) is 7. The van der Waals surface area contributed by atoms with Gasteiger partial charge in [-0.2, -0.15) is 4.98 Å². The second-order valence-corrected chi connectivity index (χ2v) is 9.30. The van der Waals surface area contributed by atoms with Gasteiger partial charge in [-0.25, -0.2) is 9.97 Å². The van der Waals surface area contributed by atoms with E-state index in [9.17, 15) is 4.79 Å². The molecule has 0 saturated heterocycles. The summed E-state index contributed by atoms with van der Waals surface area (Å²) in [5.74, 6) is 0.545. The molecule has 1 aliphatic heterocycles. The fraction of sp³-hybridized carbons (Fsp3) is 0.348. The second kappa shape index (κ2) is 7.70. The summed E-state index contributed by atoms with van der Waals surface area (Å²) in [5.41, 5.74) is 3.04. The van der Waals surface area contributed by atoms with Gasteiger partial charge in [-0.3, -0.25) is 4.79 Å². The third-order valence-electron chi connectivity index (χ3n) is 5.37. The van der Waals surface area contributed by atoms with Crippen LogP contribution in [0.1, 0.15) is 45.3 Å². The Morgan fingerprint density at radius 3 is 2.84 bits per heavy atom. The van der Waals surface area contributed by atoms with Crippen molar-refractivity contribution < 1.29 is 14.1 Å². The molecule has 9 heteroatoms. The lowest BCUT2D eigenvalue weighted by Crippen LogP contribution is -2.25. The standard InChI is InChI=1S/C23H22ClN5O3/c1-23(2,3)31-20(30)10-16-7-6-15-8-13-4-5-14(9-18(13)29(15)16)21-27-22(32-28-21)17-11-26-19(24)12-25-17/h4-5,8-9,11-12,16H,6-7,10H2,1-3H3. The molecule has 32 heavy (non-hydrogen) atoms. The lowest BCUT2D eigenvalue weighted by Gasteiger charge is -2.22. The van der Waals surface area contributed by atoms with Crippen molar-refractivity contribution in [2.24, 2.45) is 0 Å². The molecule has 0 spiro atoms. The van der Waals surface area contributed by atoms with Crippen LogP contribution >= 0.6 is 11.6 Å². The number of benzene rings is 1. The Kier molecular flexibility index (Phi) is 4.97. The minimum atomic E-state index is -0.491. The first-order valence-corrected chi connectivity index (χ1v) is 10.8. The maximum Gasteiger partial charge on any atom is 0.308 e. The molecular formula is C23H22ClN5O3. The average Bonchev–Trinajstić information content (AvgIpc) is 3.43. The van der Waals surface area contributed by atoms with Crippen molar-refractivity contribution in [2.75, 3.05) is 0 Å². The topological polar surface area (TPSA) is 95.9 Å². The van der Waals surface area contributed by atoms with E-state index >= 15 is 0 Å². The van der Waals surface area contributed by atoms with Crippen molar-refractivity contribution in [3.8, 4) is 23.0 Å². The van der Waals surface area contributed by atoms with Gasteiger partial charge in [-0.05, 0) is 51.1 Å². The zero-order chi connectivity index (χ0) is 22.5. The van der Waals surface area contributed by atoms with Gasteiger partial charge in [-0.15, -0.1) is 0 Å². The summed E-state index contributed by atoms with van der Waals surface area (Å²) < 4.78 is 13.2. The number of carbonyl (C=O) groups is 1. The van der Waals surface area contributed by atoms with Crippen LogP contribution in [0.3, 0.4) is 0 Å². The predicted molar refractivity (Wildman–Crippen MR) is 119 cm³/mol. The Hall–Kier alpha value is -3.26. The largest absolute Gasteiger partial charge is 0.460 e. The van der Waals surface area contributed by atoms with Crippen LogP contribution in [0.2, 0.25) is 5.15 Å². The molecule has 4 heterocycles. The number of nitrogens with zero attached hydrogens (tertiary/aromatic N) is 5.